The molecule has 1 N–H and O–H groups in total. The number of para-hydroxylation sites is 1. The number of nitrogens with one attached hydrogen (secondary N) is 1. The molecule has 30 heavy (non-hydrogen) atoms. The summed E-state index contributed by atoms with van der Waals surface area (Å²) in [5, 5.41) is 3.47. The smallest absolute Gasteiger partial charge is 0.416 e. The van der Waals surface area contributed by atoms with Gasteiger partial charge in [-0.2, -0.15) is 13.2 Å². The first-order valence-corrected chi connectivity index (χ1v) is 9.14. The molecule has 2 aromatic carbocycles. The number of halogens is 3. The Kier molecular flexibility index (Phi) is 6.34. The molecule has 0 spiro atoms. The molecule has 0 radical (unpaired) electrons. The van der Waals surface area contributed by atoms with Gasteiger partial charge in [-0.3, -0.25) is 9.78 Å². The summed E-state index contributed by atoms with van der Waals surface area (Å²) in [6.45, 7) is 0. The molecule has 0 saturated carbocycles. The number of carbonyl (C=O) groups is 2. The van der Waals surface area contributed by atoms with E-state index in [1.165, 1.54) is 19.2 Å². The molecule has 0 aliphatic heterocycles. The average Bonchev–Trinajstić information content (AvgIpc) is 2.72. The molecule has 5 nitrogen and oxygen atoms in total. The molecule has 3 rings (SSSR count). The van der Waals surface area contributed by atoms with Crippen LogP contribution in [0.2, 0.25) is 0 Å². The number of pyridine rings is 1. The first-order chi connectivity index (χ1) is 14.3. The fourth-order valence-electron chi connectivity index (χ4n) is 3.05. The summed E-state index contributed by atoms with van der Waals surface area (Å²) < 4.78 is 43.3. The van der Waals surface area contributed by atoms with Gasteiger partial charge < -0.3 is 10.1 Å². The second-order valence-electron chi connectivity index (χ2n) is 6.72. The quantitative estimate of drug-likeness (QED) is 0.623. The summed E-state index contributed by atoms with van der Waals surface area (Å²) in [6, 6.07) is 14.6. The molecule has 3 aromatic rings. The zero-order valence-electron chi connectivity index (χ0n) is 16.1. The summed E-state index contributed by atoms with van der Waals surface area (Å²) in [4.78, 5) is 29.0. The number of aromatic nitrogens is 1. The molecule has 0 aliphatic rings. The lowest BCUT2D eigenvalue weighted by Crippen LogP contribution is -2.43. The summed E-state index contributed by atoms with van der Waals surface area (Å²) >= 11 is 0. The highest BCUT2D eigenvalue weighted by Crippen LogP contribution is 2.29. The van der Waals surface area contributed by atoms with Crippen molar-refractivity contribution in [1.82, 2.24) is 10.3 Å². The molecule has 0 saturated heterocycles. The second kappa shape index (κ2) is 8.94. The van der Waals surface area contributed by atoms with E-state index < -0.39 is 29.7 Å². The van der Waals surface area contributed by atoms with Crippen LogP contribution in [0.25, 0.3) is 10.9 Å². The van der Waals surface area contributed by atoms with E-state index in [0.29, 0.717) is 5.69 Å². The van der Waals surface area contributed by atoms with Crippen LogP contribution in [0.3, 0.4) is 0 Å². The minimum absolute atomic E-state index is 0.0891. The van der Waals surface area contributed by atoms with E-state index in [1.54, 1.807) is 6.07 Å². The maximum absolute atomic E-state index is 12.9. The lowest BCUT2D eigenvalue weighted by Gasteiger charge is -2.17. The lowest BCUT2D eigenvalue weighted by atomic mass is 10.1. The number of benzene rings is 2. The van der Waals surface area contributed by atoms with Gasteiger partial charge in [0.1, 0.15) is 6.04 Å². The Morgan fingerprint density at radius 2 is 1.83 bits per heavy atom. The van der Waals surface area contributed by atoms with Crippen LogP contribution in [0, 0.1) is 0 Å². The van der Waals surface area contributed by atoms with Crippen molar-refractivity contribution >= 4 is 22.8 Å². The third-order valence-electron chi connectivity index (χ3n) is 4.51. The van der Waals surface area contributed by atoms with Crippen molar-refractivity contribution in [2.45, 2.75) is 25.1 Å². The van der Waals surface area contributed by atoms with Gasteiger partial charge in [-0.05, 0) is 23.8 Å². The number of methoxy groups -OCH3 is 1. The highest BCUT2D eigenvalue weighted by Gasteiger charge is 2.30. The van der Waals surface area contributed by atoms with E-state index >= 15 is 0 Å². The number of hydrogen-bond donors (Lipinski definition) is 1. The van der Waals surface area contributed by atoms with Crippen molar-refractivity contribution in [3.63, 3.8) is 0 Å². The molecule has 0 unspecified atom stereocenters. The zero-order valence-corrected chi connectivity index (χ0v) is 16.1. The Hall–Kier alpha value is -3.42. The van der Waals surface area contributed by atoms with Gasteiger partial charge in [0.25, 0.3) is 0 Å². The standard InChI is InChI=1S/C22H19F3N2O3/c1-30-21(29)19(13-17-10-9-15-6-2-3-8-18(15)26-17)27-20(28)12-14-5-4-7-16(11-14)22(23,24)25/h2-11,19H,12-13H2,1H3,(H,27,28)/t19-/m0/s1. The summed E-state index contributed by atoms with van der Waals surface area (Å²) in [5.74, 6) is -1.26. The zero-order chi connectivity index (χ0) is 21.7. The topological polar surface area (TPSA) is 68.3 Å². The number of hydrogen-bond acceptors (Lipinski definition) is 4. The normalized spacial score (nSPS) is 12.4. The molecular formula is C22H19F3N2O3. The van der Waals surface area contributed by atoms with E-state index in [2.05, 4.69) is 10.3 Å². The largest absolute Gasteiger partial charge is 0.467 e. The van der Waals surface area contributed by atoms with Crippen molar-refractivity contribution in [1.29, 1.82) is 0 Å². The number of alkyl halides is 3. The predicted octanol–water partition coefficient (Wildman–Crippen LogP) is 3.70. The minimum Gasteiger partial charge on any atom is -0.467 e. The van der Waals surface area contributed by atoms with Crippen molar-refractivity contribution in [3.8, 4) is 0 Å². The number of nitrogens with zero attached hydrogens (tertiary/aromatic N) is 1. The summed E-state index contributed by atoms with van der Waals surface area (Å²) in [7, 11) is 1.20. The molecule has 156 valence electrons. The van der Waals surface area contributed by atoms with Crippen LogP contribution < -0.4 is 5.32 Å². The van der Waals surface area contributed by atoms with Gasteiger partial charge >= 0.3 is 12.1 Å². The fraction of sp³-hybridized carbons (Fsp3) is 0.227. The van der Waals surface area contributed by atoms with Gasteiger partial charge in [-0.15, -0.1) is 0 Å². The third-order valence-corrected chi connectivity index (χ3v) is 4.51. The first-order valence-electron chi connectivity index (χ1n) is 9.14. The Bertz CT molecular complexity index is 1070. The van der Waals surface area contributed by atoms with E-state index in [0.717, 1.165) is 23.0 Å². The van der Waals surface area contributed by atoms with Gasteiger partial charge in [0.15, 0.2) is 0 Å². The summed E-state index contributed by atoms with van der Waals surface area (Å²) in [6.07, 6.45) is -4.71. The fourth-order valence-corrected chi connectivity index (χ4v) is 3.05. The van der Waals surface area contributed by atoms with E-state index in [-0.39, 0.29) is 18.4 Å². The number of ether oxygens (including phenoxy) is 1. The maximum atomic E-state index is 12.9. The van der Waals surface area contributed by atoms with Gasteiger partial charge in [0.2, 0.25) is 5.91 Å². The highest BCUT2D eigenvalue weighted by molar-refractivity contribution is 5.86. The third kappa shape index (κ3) is 5.34. The van der Waals surface area contributed by atoms with Crippen LogP contribution in [0.5, 0.6) is 0 Å². The molecule has 0 fully saturated rings. The Balaban J connectivity index is 1.72. The Labute approximate surface area is 170 Å². The molecule has 0 bridgehead atoms. The van der Waals surface area contributed by atoms with Crippen molar-refractivity contribution in [3.05, 3.63) is 77.5 Å². The van der Waals surface area contributed by atoms with Gasteiger partial charge in [-0.1, -0.05) is 42.5 Å². The lowest BCUT2D eigenvalue weighted by molar-refractivity contribution is -0.145. The van der Waals surface area contributed by atoms with Crippen molar-refractivity contribution in [2.24, 2.45) is 0 Å². The molecule has 1 amide bonds. The number of fused-ring (bicyclic) bond motifs is 1. The number of esters is 1. The van der Waals surface area contributed by atoms with Crippen LogP contribution in [0.4, 0.5) is 13.2 Å². The SMILES string of the molecule is COC(=O)[C@H](Cc1ccc2ccccc2n1)NC(=O)Cc1cccc(C(F)(F)F)c1. The van der Waals surface area contributed by atoms with Crippen LogP contribution in [0.1, 0.15) is 16.8 Å². The van der Waals surface area contributed by atoms with Gasteiger partial charge in [-0.25, -0.2) is 4.79 Å². The molecule has 1 atom stereocenters. The van der Waals surface area contributed by atoms with E-state index in [4.69, 9.17) is 4.74 Å². The highest BCUT2D eigenvalue weighted by atomic mass is 19.4. The van der Waals surface area contributed by atoms with Crippen molar-refractivity contribution in [2.75, 3.05) is 7.11 Å². The monoisotopic (exact) mass is 416 g/mol. The predicted molar refractivity (Wildman–Crippen MR) is 105 cm³/mol. The number of amides is 1. The van der Waals surface area contributed by atoms with Gasteiger partial charge in [0, 0.05) is 17.5 Å². The summed E-state index contributed by atoms with van der Waals surface area (Å²) in [5.41, 5.74) is 0.671. The molecule has 1 heterocycles. The minimum atomic E-state index is -4.50. The van der Waals surface area contributed by atoms with Crippen molar-refractivity contribution < 1.29 is 27.5 Å². The van der Waals surface area contributed by atoms with Gasteiger partial charge in [0.05, 0.1) is 24.6 Å². The van der Waals surface area contributed by atoms with E-state index in [1.807, 2.05) is 30.3 Å². The van der Waals surface area contributed by atoms with E-state index in [9.17, 15) is 22.8 Å². The Morgan fingerprint density at radius 1 is 1.07 bits per heavy atom. The average molecular weight is 416 g/mol. The van der Waals surface area contributed by atoms with Crippen LogP contribution >= 0.6 is 0 Å². The van der Waals surface area contributed by atoms with Crippen LogP contribution in [-0.4, -0.2) is 30.0 Å². The number of rotatable bonds is 6. The van der Waals surface area contributed by atoms with Crippen LogP contribution in [0.15, 0.2) is 60.7 Å². The molecule has 0 aliphatic carbocycles. The molecular weight excluding hydrogens is 397 g/mol. The van der Waals surface area contributed by atoms with Crippen LogP contribution in [-0.2, 0) is 33.3 Å². The molecule has 1 aromatic heterocycles. The molecule has 8 heteroatoms. The number of carbonyl (C=O) groups excluding carboxylic acids is 2. The first kappa shape index (κ1) is 21.3. The second-order valence-corrected chi connectivity index (χ2v) is 6.72. The Morgan fingerprint density at radius 3 is 2.57 bits per heavy atom. The maximum Gasteiger partial charge on any atom is 0.416 e.